The molecular weight excluding hydrogens is 524 g/mol. The zero-order valence-electron chi connectivity index (χ0n) is 22.1. The maximum absolute atomic E-state index is 15.7. The van der Waals surface area contributed by atoms with Crippen molar-refractivity contribution < 1.29 is 22.4 Å². The average molecular weight is 555 g/mol. The number of rotatable bonds is 4. The number of amides is 1. The van der Waals surface area contributed by atoms with Crippen LogP contribution in [0.25, 0.3) is 16.7 Å². The summed E-state index contributed by atoms with van der Waals surface area (Å²) in [6.45, 7) is 2.42. The van der Waals surface area contributed by atoms with E-state index in [1.165, 1.54) is 22.9 Å². The fraction of sp³-hybridized carbons (Fsp3) is 0.500. The van der Waals surface area contributed by atoms with E-state index in [9.17, 15) is 18.4 Å². The monoisotopic (exact) mass is 554 g/mol. The summed E-state index contributed by atoms with van der Waals surface area (Å²) in [5.41, 5.74) is -3.06. The van der Waals surface area contributed by atoms with Gasteiger partial charge in [-0.15, -0.1) is 0 Å². The van der Waals surface area contributed by atoms with E-state index in [1.54, 1.807) is 11.0 Å². The summed E-state index contributed by atoms with van der Waals surface area (Å²) in [7, 11) is 0. The third-order valence-electron chi connectivity index (χ3n) is 9.59. The Morgan fingerprint density at radius 1 is 1.12 bits per heavy atom. The summed E-state index contributed by atoms with van der Waals surface area (Å²) >= 11 is 0. The Kier molecular flexibility index (Phi) is 5.61. The summed E-state index contributed by atoms with van der Waals surface area (Å²) < 4.78 is 59.7. The van der Waals surface area contributed by atoms with E-state index in [1.807, 2.05) is 6.92 Å². The largest absolute Gasteiger partial charge is 0.354 e. The SMILES string of the molecule is CC1(NC(=O)c2cn(-c3ccc(F)cc3F)c3nc(N4CC[C@H](F)C4)ccc3c2=O)CC2CC3CC(F)(CC32)C1. The zero-order chi connectivity index (χ0) is 28.0. The normalized spacial score (nSPS) is 32.7. The van der Waals surface area contributed by atoms with Crippen LogP contribution in [-0.2, 0) is 0 Å². The smallest absolute Gasteiger partial charge is 0.257 e. The van der Waals surface area contributed by atoms with Gasteiger partial charge in [0.05, 0.1) is 17.6 Å². The van der Waals surface area contributed by atoms with Gasteiger partial charge in [0.1, 0.15) is 34.9 Å². The van der Waals surface area contributed by atoms with Crippen molar-refractivity contribution in [2.75, 3.05) is 18.0 Å². The second kappa shape index (κ2) is 8.78. The number of nitrogens with zero attached hydrogens (tertiary/aromatic N) is 3. The fourth-order valence-corrected chi connectivity index (χ4v) is 7.95. The number of hydrogen-bond donors (Lipinski definition) is 1. The molecule has 7 rings (SSSR count). The average Bonchev–Trinajstić information content (AvgIpc) is 3.40. The molecule has 1 saturated heterocycles. The number of carbonyl (C=O) groups excluding carboxylic acids is 1. The molecule has 2 aromatic heterocycles. The maximum Gasteiger partial charge on any atom is 0.257 e. The third-order valence-corrected chi connectivity index (χ3v) is 9.59. The Bertz CT molecular complexity index is 1610. The van der Waals surface area contributed by atoms with Crippen molar-refractivity contribution in [3.63, 3.8) is 0 Å². The molecule has 1 aliphatic heterocycles. The van der Waals surface area contributed by atoms with Crippen molar-refractivity contribution in [1.82, 2.24) is 14.9 Å². The Hall–Kier alpha value is -3.43. The highest BCUT2D eigenvalue weighted by atomic mass is 19.1. The van der Waals surface area contributed by atoms with Crippen molar-refractivity contribution in [3.05, 3.63) is 63.9 Å². The quantitative estimate of drug-likeness (QED) is 0.448. The first-order valence-electron chi connectivity index (χ1n) is 13.9. The highest BCUT2D eigenvalue weighted by Crippen LogP contribution is 2.62. The van der Waals surface area contributed by atoms with Gasteiger partial charge in [-0.05, 0) is 81.0 Å². The van der Waals surface area contributed by atoms with Crippen molar-refractivity contribution in [2.24, 2.45) is 17.8 Å². The minimum Gasteiger partial charge on any atom is -0.354 e. The number of alkyl halides is 2. The molecule has 1 N–H and O–H groups in total. The molecule has 2 bridgehead atoms. The molecule has 6 nitrogen and oxygen atoms in total. The number of aromatic nitrogens is 2. The number of halogens is 4. The van der Waals surface area contributed by atoms with Gasteiger partial charge >= 0.3 is 0 Å². The van der Waals surface area contributed by atoms with Crippen LogP contribution in [0.1, 0.15) is 55.8 Å². The van der Waals surface area contributed by atoms with Crippen LogP contribution < -0.4 is 15.6 Å². The molecule has 1 amide bonds. The Balaban J connectivity index is 1.31. The molecule has 3 aromatic rings. The van der Waals surface area contributed by atoms with E-state index in [0.29, 0.717) is 61.9 Å². The van der Waals surface area contributed by atoms with E-state index in [0.717, 1.165) is 12.5 Å². The van der Waals surface area contributed by atoms with Gasteiger partial charge < -0.3 is 10.2 Å². The lowest BCUT2D eigenvalue weighted by Crippen LogP contribution is -2.53. The van der Waals surface area contributed by atoms with Crippen LogP contribution in [0.4, 0.5) is 23.4 Å². The van der Waals surface area contributed by atoms with Gasteiger partial charge in [0.2, 0.25) is 5.43 Å². The van der Waals surface area contributed by atoms with E-state index in [2.05, 4.69) is 10.3 Å². The summed E-state index contributed by atoms with van der Waals surface area (Å²) in [6, 6.07) is 6.08. The Morgan fingerprint density at radius 3 is 2.67 bits per heavy atom. The van der Waals surface area contributed by atoms with Crippen molar-refractivity contribution in [1.29, 1.82) is 0 Å². The van der Waals surface area contributed by atoms with Crippen LogP contribution in [0.15, 0.2) is 41.3 Å². The number of anilines is 1. The molecule has 5 unspecified atom stereocenters. The first kappa shape index (κ1) is 25.5. The molecule has 10 heteroatoms. The molecule has 6 atom stereocenters. The molecular formula is C30H30F4N4O2. The van der Waals surface area contributed by atoms with Gasteiger partial charge in [-0.3, -0.25) is 14.2 Å². The van der Waals surface area contributed by atoms with Crippen LogP contribution >= 0.6 is 0 Å². The molecule has 0 radical (unpaired) electrons. The molecule has 3 heterocycles. The summed E-state index contributed by atoms with van der Waals surface area (Å²) in [6.07, 6.45) is 3.37. The highest BCUT2D eigenvalue weighted by molar-refractivity contribution is 5.97. The van der Waals surface area contributed by atoms with Crippen LogP contribution in [0, 0.1) is 29.4 Å². The van der Waals surface area contributed by atoms with E-state index in [-0.39, 0.29) is 35.2 Å². The molecule has 210 valence electrons. The van der Waals surface area contributed by atoms with Gasteiger partial charge in [-0.2, -0.15) is 0 Å². The number of fused-ring (bicyclic) bond motifs is 2. The molecule has 3 aliphatic carbocycles. The summed E-state index contributed by atoms with van der Waals surface area (Å²) in [4.78, 5) is 33.6. The first-order valence-corrected chi connectivity index (χ1v) is 13.9. The lowest BCUT2D eigenvalue weighted by Gasteiger charge is -2.46. The van der Waals surface area contributed by atoms with E-state index < -0.39 is 40.3 Å². The van der Waals surface area contributed by atoms with Crippen molar-refractivity contribution in [2.45, 2.75) is 62.8 Å². The first-order chi connectivity index (χ1) is 19.0. The molecule has 0 spiro atoms. The second-order valence-corrected chi connectivity index (χ2v) is 12.6. The van der Waals surface area contributed by atoms with Crippen LogP contribution in [0.2, 0.25) is 0 Å². The highest BCUT2D eigenvalue weighted by Gasteiger charge is 2.60. The van der Waals surface area contributed by atoms with Crippen molar-refractivity contribution >= 4 is 22.8 Å². The summed E-state index contributed by atoms with van der Waals surface area (Å²) in [5.74, 6) is -0.819. The maximum atomic E-state index is 15.7. The number of benzene rings is 1. The predicted molar refractivity (Wildman–Crippen MR) is 142 cm³/mol. The minimum absolute atomic E-state index is 0.0602. The molecule has 40 heavy (non-hydrogen) atoms. The second-order valence-electron chi connectivity index (χ2n) is 12.6. The molecule has 4 fully saturated rings. The number of carbonyl (C=O) groups is 1. The van der Waals surface area contributed by atoms with E-state index in [4.69, 9.17) is 0 Å². The molecule has 1 aromatic carbocycles. The van der Waals surface area contributed by atoms with Crippen LogP contribution in [0.3, 0.4) is 0 Å². The van der Waals surface area contributed by atoms with Gasteiger partial charge in [-0.1, -0.05) is 0 Å². The van der Waals surface area contributed by atoms with E-state index >= 15 is 8.78 Å². The Morgan fingerprint density at radius 2 is 1.93 bits per heavy atom. The van der Waals surface area contributed by atoms with Crippen LogP contribution in [-0.4, -0.2) is 45.9 Å². The van der Waals surface area contributed by atoms with Gasteiger partial charge in [0.15, 0.2) is 5.65 Å². The number of nitrogens with one attached hydrogen (secondary N) is 1. The molecule has 3 saturated carbocycles. The topological polar surface area (TPSA) is 67.2 Å². The minimum atomic E-state index is -1.34. The summed E-state index contributed by atoms with van der Waals surface area (Å²) in [5, 5.41) is 3.03. The lowest BCUT2D eigenvalue weighted by atomic mass is 9.62. The zero-order valence-corrected chi connectivity index (χ0v) is 22.1. The predicted octanol–water partition coefficient (Wildman–Crippen LogP) is 5.25. The van der Waals surface area contributed by atoms with Crippen LogP contribution in [0.5, 0.6) is 0 Å². The third kappa shape index (κ3) is 4.09. The Labute approximate surface area is 228 Å². The standard InChI is InChI=1S/C30H30F4N4O2/c1-29(10-16-8-17-11-30(34,15-29)12-21(16)17)36-28(40)22-14-38(24-4-2-18(31)9-23(24)33)27-20(26(22)39)3-5-25(35-27)37-7-6-19(32)13-37/h2-5,9,14,16-17,19,21H,6-8,10-13,15H2,1H3,(H,36,40)/t16?,17?,19-,21?,29?,30?/m0/s1. The van der Waals surface area contributed by atoms with Crippen molar-refractivity contribution in [3.8, 4) is 5.69 Å². The van der Waals surface area contributed by atoms with Gasteiger partial charge in [0, 0.05) is 30.8 Å². The van der Waals surface area contributed by atoms with Gasteiger partial charge in [-0.25, -0.2) is 22.5 Å². The fourth-order valence-electron chi connectivity index (χ4n) is 7.95. The lowest BCUT2D eigenvalue weighted by molar-refractivity contribution is 0.0419. The number of hydrogen-bond acceptors (Lipinski definition) is 4. The number of pyridine rings is 2. The molecule has 4 aliphatic rings. The van der Waals surface area contributed by atoms with Gasteiger partial charge in [0.25, 0.3) is 5.91 Å².